The minimum absolute atomic E-state index is 0.0387. The molecule has 2 aromatic rings. The molecule has 1 heterocycles. The third-order valence-electron chi connectivity index (χ3n) is 5.64. The number of Topliss-reactive ketones (excluding diaryl/α,β-unsaturated/α-hetero) is 2. The van der Waals surface area contributed by atoms with Crippen LogP contribution in [0.2, 0.25) is 5.02 Å². The Morgan fingerprint density at radius 3 is 2.03 bits per heavy atom. The number of nitrogens with zero attached hydrogens (tertiary/aromatic N) is 1. The zero-order valence-corrected chi connectivity index (χ0v) is 18.8. The van der Waals surface area contributed by atoms with E-state index in [1.165, 1.54) is 24.3 Å². The Morgan fingerprint density at radius 2 is 1.45 bits per heavy atom. The molecule has 1 aliphatic heterocycles. The quantitative estimate of drug-likeness (QED) is 0.751. The maximum absolute atomic E-state index is 13.4. The van der Waals surface area contributed by atoms with Gasteiger partial charge in [0.2, 0.25) is 11.6 Å². The molecule has 31 heavy (non-hydrogen) atoms. The van der Waals surface area contributed by atoms with E-state index in [4.69, 9.17) is 11.6 Å². The minimum Gasteiger partial charge on any atom is -0.366 e. The highest BCUT2D eigenvalue weighted by atomic mass is 35.5. The van der Waals surface area contributed by atoms with Crippen molar-refractivity contribution in [3.8, 4) is 0 Å². The molecule has 0 spiro atoms. The van der Waals surface area contributed by atoms with E-state index in [-0.39, 0.29) is 27.6 Å². The van der Waals surface area contributed by atoms with Crippen molar-refractivity contribution >= 4 is 33.2 Å². The fraction of sp³-hybridized carbons (Fsp3) is 0.304. The Morgan fingerprint density at radius 1 is 0.903 bits per heavy atom. The summed E-state index contributed by atoms with van der Waals surface area (Å²) in [6.07, 6.45) is 1.01. The first-order chi connectivity index (χ1) is 14.7. The second-order valence-electron chi connectivity index (χ2n) is 8.34. The van der Waals surface area contributed by atoms with Gasteiger partial charge in [-0.05, 0) is 42.5 Å². The zero-order valence-electron chi connectivity index (χ0n) is 17.3. The molecule has 2 aliphatic rings. The molecular formula is C23H23ClN2O4S. The molecule has 4 rings (SSSR count). The summed E-state index contributed by atoms with van der Waals surface area (Å²) in [5.74, 6) is -0.227. The first-order valence-electron chi connectivity index (χ1n) is 10.1. The highest BCUT2D eigenvalue weighted by Crippen LogP contribution is 2.32. The monoisotopic (exact) mass is 458 g/mol. The SMILES string of the molecule is CC1CC(C)CN(C2=C(NS(=O)(=O)c3ccc(Cl)cc3)C(=O)c3ccccc3C2=O)C1. The molecule has 0 amide bonds. The molecule has 1 N–H and O–H groups in total. The number of hydrogen-bond donors (Lipinski definition) is 1. The summed E-state index contributed by atoms with van der Waals surface area (Å²) >= 11 is 5.87. The van der Waals surface area contributed by atoms with Gasteiger partial charge in [0, 0.05) is 29.2 Å². The van der Waals surface area contributed by atoms with Crippen LogP contribution >= 0.6 is 11.6 Å². The van der Waals surface area contributed by atoms with Crippen molar-refractivity contribution in [3.05, 3.63) is 76.1 Å². The van der Waals surface area contributed by atoms with Gasteiger partial charge in [-0.15, -0.1) is 0 Å². The molecule has 2 aromatic carbocycles. The van der Waals surface area contributed by atoms with Gasteiger partial charge >= 0.3 is 0 Å². The van der Waals surface area contributed by atoms with Crippen molar-refractivity contribution in [1.82, 2.24) is 9.62 Å². The van der Waals surface area contributed by atoms with Gasteiger partial charge in [0.05, 0.1) is 4.90 Å². The van der Waals surface area contributed by atoms with Crippen LogP contribution in [0.5, 0.6) is 0 Å². The van der Waals surface area contributed by atoms with Crippen molar-refractivity contribution < 1.29 is 18.0 Å². The molecule has 2 unspecified atom stereocenters. The van der Waals surface area contributed by atoms with E-state index in [1.807, 2.05) is 4.90 Å². The molecule has 0 saturated carbocycles. The summed E-state index contributed by atoms with van der Waals surface area (Å²) < 4.78 is 28.6. The van der Waals surface area contributed by atoms with Crippen molar-refractivity contribution in [1.29, 1.82) is 0 Å². The molecule has 8 heteroatoms. The standard InChI is InChI=1S/C23H23ClN2O4S/c1-14-11-15(2)13-26(12-14)21-20(22(27)18-5-3-4-6-19(18)23(21)28)25-31(29,30)17-9-7-16(24)8-10-17/h3-10,14-15,25H,11-13H2,1-2H3. The number of halogens is 1. The van der Waals surface area contributed by atoms with Crippen LogP contribution in [0.25, 0.3) is 0 Å². The number of likely N-dealkylation sites (tertiary alicyclic amines) is 1. The van der Waals surface area contributed by atoms with E-state index in [1.54, 1.807) is 24.3 Å². The average molecular weight is 459 g/mol. The molecule has 1 fully saturated rings. The smallest absolute Gasteiger partial charge is 0.262 e. The fourth-order valence-electron chi connectivity index (χ4n) is 4.41. The maximum atomic E-state index is 13.4. The van der Waals surface area contributed by atoms with Crippen LogP contribution in [0.4, 0.5) is 0 Å². The van der Waals surface area contributed by atoms with Crippen LogP contribution in [0.3, 0.4) is 0 Å². The van der Waals surface area contributed by atoms with Crippen molar-refractivity contribution in [2.24, 2.45) is 11.8 Å². The summed E-state index contributed by atoms with van der Waals surface area (Å²) in [6, 6.07) is 12.2. The van der Waals surface area contributed by atoms with Crippen LogP contribution < -0.4 is 4.72 Å². The molecule has 0 radical (unpaired) electrons. The summed E-state index contributed by atoms with van der Waals surface area (Å²) in [7, 11) is -4.10. The molecule has 2 atom stereocenters. The number of nitrogens with one attached hydrogen (secondary N) is 1. The normalized spacial score (nSPS) is 21.8. The second-order valence-corrected chi connectivity index (χ2v) is 10.5. The number of sulfonamides is 1. The zero-order chi connectivity index (χ0) is 22.3. The number of carbonyl (C=O) groups is 2. The lowest BCUT2D eigenvalue weighted by Crippen LogP contribution is -2.45. The number of benzene rings is 2. The number of fused-ring (bicyclic) bond motifs is 1. The number of allylic oxidation sites excluding steroid dienone is 2. The molecule has 1 saturated heterocycles. The summed E-state index contributed by atoms with van der Waals surface area (Å²) in [5.41, 5.74) is 0.422. The molecule has 162 valence electrons. The Balaban J connectivity index is 1.84. The largest absolute Gasteiger partial charge is 0.366 e. The number of piperidine rings is 1. The van der Waals surface area contributed by atoms with Gasteiger partial charge in [-0.25, -0.2) is 8.42 Å². The van der Waals surface area contributed by atoms with Crippen LogP contribution in [0.1, 0.15) is 41.0 Å². The number of carbonyl (C=O) groups excluding carboxylic acids is 2. The van der Waals surface area contributed by atoms with E-state index in [0.717, 1.165) is 6.42 Å². The third-order valence-corrected chi connectivity index (χ3v) is 7.26. The van der Waals surface area contributed by atoms with Gasteiger partial charge in [0.1, 0.15) is 11.4 Å². The Labute approximate surface area is 186 Å². The predicted octanol–water partition coefficient (Wildman–Crippen LogP) is 3.89. The highest BCUT2D eigenvalue weighted by molar-refractivity contribution is 7.89. The summed E-state index contributed by atoms with van der Waals surface area (Å²) in [4.78, 5) is 28.6. The van der Waals surface area contributed by atoms with E-state index < -0.39 is 15.8 Å². The fourth-order valence-corrected chi connectivity index (χ4v) is 5.61. The van der Waals surface area contributed by atoms with Gasteiger partial charge < -0.3 is 4.90 Å². The molecule has 6 nitrogen and oxygen atoms in total. The highest BCUT2D eigenvalue weighted by Gasteiger charge is 2.39. The van der Waals surface area contributed by atoms with E-state index in [9.17, 15) is 18.0 Å². The van der Waals surface area contributed by atoms with E-state index in [0.29, 0.717) is 35.5 Å². The summed E-state index contributed by atoms with van der Waals surface area (Å²) in [5, 5.41) is 0.396. The van der Waals surface area contributed by atoms with Gasteiger partial charge in [0.25, 0.3) is 10.0 Å². The van der Waals surface area contributed by atoms with E-state index >= 15 is 0 Å². The van der Waals surface area contributed by atoms with Crippen molar-refractivity contribution in [3.63, 3.8) is 0 Å². The third kappa shape index (κ3) is 4.12. The van der Waals surface area contributed by atoms with Crippen LogP contribution in [-0.2, 0) is 10.0 Å². The van der Waals surface area contributed by atoms with Gasteiger partial charge in [-0.3, -0.25) is 14.3 Å². The Kier molecular flexibility index (Phi) is 5.66. The van der Waals surface area contributed by atoms with Gasteiger partial charge in [0.15, 0.2) is 0 Å². The maximum Gasteiger partial charge on any atom is 0.262 e. The van der Waals surface area contributed by atoms with Crippen molar-refractivity contribution in [2.45, 2.75) is 25.2 Å². The predicted molar refractivity (Wildman–Crippen MR) is 118 cm³/mol. The minimum atomic E-state index is -4.10. The van der Waals surface area contributed by atoms with Crippen molar-refractivity contribution in [2.75, 3.05) is 13.1 Å². The first kappa shape index (κ1) is 21.6. The molecule has 1 aliphatic carbocycles. The number of ketones is 2. The van der Waals surface area contributed by atoms with Gasteiger partial charge in [-0.2, -0.15) is 0 Å². The van der Waals surface area contributed by atoms with Crippen LogP contribution in [0, 0.1) is 11.8 Å². The topological polar surface area (TPSA) is 83.6 Å². The second kappa shape index (κ2) is 8.13. The lowest BCUT2D eigenvalue weighted by Gasteiger charge is -2.39. The summed E-state index contributed by atoms with van der Waals surface area (Å²) in [6.45, 7) is 5.33. The van der Waals surface area contributed by atoms with Crippen LogP contribution in [-0.4, -0.2) is 38.0 Å². The van der Waals surface area contributed by atoms with E-state index in [2.05, 4.69) is 18.6 Å². The lowest BCUT2D eigenvalue weighted by molar-refractivity contribution is 0.0900. The molecular weight excluding hydrogens is 436 g/mol. The number of rotatable bonds is 4. The Hall–Kier alpha value is -2.64. The number of hydrogen-bond acceptors (Lipinski definition) is 5. The first-order valence-corrected chi connectivity index (χ1v) is 12.0. The lowest BCUT2D eigenvalue weighted by atomic mass is 9.86. The molecule has 0 aromatic heterocycles. The van der Waals surface area contributed by atoms with Gasteiger partial charge in [-0.1, -0.05) is 49.7 Å². The van der Waals surface area contributed by atoms with Crippen LogP contribution in [0.15, 0.2) is 64.8 Å². The Bertz CT molecular complexity index is 1180. The average Bonchev–Trinajstić information content (AvgIpc) is 2.71. The molecule has 0 bridgehead atoms.